The van der Waals surface area contributed by atoms with Gasteiger partial charge in [-0.25, -0.2) is 0 Å². The van der Waals surface area contributed by atoms with Gasteiger partial charge in [0.05, 0.1) is 0 Å². The molecule has 0 bridgehead atoms. The van der Waals surface area contributed by atoms with Crippen LogP contribution in [0.2, 0.25) is 10.0 Å². The van der Waals surface area contributed by atoms with E-state index in [0.29, 0.717) is 28.5 Å². The normalized spacial score (nSPS) is 11.9. The van der Waals surface area contributed by atoms with Crippen molar-refractivity contribution in [3.8, 4) is 0 Å². The molecule has 0 aliphatic heterocycles. The van der Waals surface area contributed by atoms with Crippen molar-refractivity contribution < 1.29 is 9.59 Å². The summed E-state index contributed by atoms with van der Waals surface area (Å²) in [7, 11) is 0. The number of halogens is 2. The number of hydrogen-bond donors (Lipinski definition) is 1. The average molecular weight is 421 g/mol. The lowest BCUT2D eigenvalue weighted by Gasteiger charge is -2.30. The maximum atomic E-state index is 13.0. The van der Waals surface area contributed by atoms with Gasteiger partial charge in [-0.1, -0.05) is 59.6 Å². The Morgan fingerprint density at radius 3 is 2.14 bits per heavy atom. The van der Waals surface area contributed by atoms with E-state index in [1.165, 1.54) is 0 Å². The molecule has 1 unspecified atom stereocenters. The summed E-state index contributed by atoms with van der Waals surface area (Å²) in [6, 6.07) is 14.4. The van der Waals surface area contributed by atoms with Crippen molar-refractivity contribution in [2.45, 2.75) is 52.2 Å². The zero-order chi connectivity index (χ0) is 20.7. The molecule has 2 rings (SSSR count). The number of hydrogen-bond acceptors (Lipinski definition) is 2. The molecule has 0 aromatic heterocycles. The lowest BCUT2D eigenvalue weighted by molar-refractivity contribution is -0.140. The van der Waals surface area contributed by atoms with Crippen LogP contribution in [0.25, 0.3) is 0 Å². The van der Waals surface area contributed by atoms with Crippen molar-refractivity contribution in [1.29, 1.82) is 0 Å². The summed E-state index contributed by atoms with van der Waals surface area (Å²) in [6.45, 7) is 5.68. The maximum Gasteiger partial charge on any atom is 0.242 e. The van der Waals surface area contributed by atoms with Crippen LogP contribution in [0.15, 0.2) is 48.5 Å². The van der Waals surface area contributed by atoms with E-state index in [1.807, 2.05) is 44.2 Å². The van der Waals surface area contributed by atoms with E-state index >= 15 is 0 Å². The average Bonchev–Trinajstić information content (AvgIpc) is 2.65. The molecule has 28 heavy (non-hydrogen) atoms. The first-order valence-electron chi connectivity index (χ1n) is 9.36. The number of nitrogens with one attached hydrogen (secondary N) is 1. The van der Waals surface area contributed by atoms with Crippen LogP contribution in [0.3, 0.4) is 0 Å². The summed E-state index contributed by atoms with van der Waals surface area (Å²) >= 11 is 12.6. The fraction of sp³-hybridized carbons (Fsp3) is 0.364. The molecule has 0 radical (unpaired) electrons. The molecule has 6 heteroatoms. The predicted molar refractivity (Wildman–Crippen MR) is 115 cm³/mol. The number of carbonyl (C=O) groups excluding carboxylic acids is 2. The maximum absolute atomic E-state index is 13.0. The van der Waals surface area contributed by atoms with Gasteiger partial charge >= 0.3 is 0 Å². The minimum Gasteiger partial charge on any atom is -0.352 e. The standard InChI is InChI=1S/C22H26Cl2N2O2/c1-15(2)25-22(28)16(3)26(14-18-19(23)10-7-11-20(18)24)21(27)13-12-17-8-5-4-6-9-17/h4-11,15-16H,12-14H2,1-3H3,(H,25,28). The minimum absolute atomic E-state index is 0.0138. The van der Waals surface area contributed by atoms with Gasteiger partial charge in [-0.2, -0.15) is 0 Å². The van der Waals surface area contributed by atoms with E-state index in [2.05, 4.69) is 5.32 Å². The molecule has 0 aliphatic carbocycles. The van der Waals surface area contributed by atoms with Crippen LogP contribution in [-0.4, -0.2) is 28.8 Å². The zero-order valence-corrected chi connectivity index (χ0v) is 17.9. The molecule has 4 nitrogen and oxygen atoms in total. The molecule has 0 saturated carbocycles. The molecular formula is C22H26Cl2N2O2. The molecule has 0 heterocycles. The first-order valence-corrected chi connectivity index (χ1v) is 10.1. The molecule has 0 fully saturated rings. The quantitative estimate of drug-likeness (QED) is 0.661. The second kappa shape index (κ2) is 10.5. The van der Waals surface area contributed by atoms with Gasteiger partial charge in [0.15, 0.2) is 0 Å². The zero-order valence-electron chi connectivity index (χ0n) is 16.4. The van der Waals surface area contributed by atoms with E-state index in [1.54, 1.807) is 30.0 Å². The van der Waals surface area contributed by atoms with Crippen LogP contribution in [0.5, 0.6) is 0 Å². The van der Waals surface area contributed by atoms with Crippen LogP contribution < -0.4 is 5.32 Å². The second-order valence-electron chi connectivity index (χ2n) is 7.05. The highest BCUT2D eigenvalue weighted by Gasteiger charge is 2.27. The lowest BCUT2D eigenvalue weighted by atomic mass is 10.1. The van der Waals surface area contributed by atoms with Gasteiger partial charge in [0.2, 0.25) is 11.8 Å². The van der Waals surface area contributed by atoms with Crippen LogP contribution in [-0.2, 0) is 22.6 Å². The Morgan fingerprint density at radius 1 is 0.964 bits per heavy atom. The van der Waals surface area contributed by atoms with Gasteiger partial charge in [0, 0.05) is 34.6 Å². The van der Waals surface area contributed by atoms with E-state index in [-0.39, 0.29) is 24.4 Å². The topological polar surface area (TPSA) is 49.4 Å². The SMILES string of the molecule is CC(C)NC(=O)C(C)N(Cc1c(Cl)cccc1Cl)C(=O)CCc1ccccc1. The highest BCUT2D eigenvalue weighted by atomic mass is 35.5. The van der Waals surface area contributed by atoms with Crippen molar-refractivity contribution in [3.63, 3.8) is 0 Å². The van der Waals surface area contributed by atoms with Gasteiger partial charge in [-0.05, 0) is 44.9 Å². The minimum atomic E-state index is -0.641. The molecule has 0 spiro atoms. The van der Waals surface area contributed by atoms with E-state index in [4.69, 9.17) is 23.2 Å². The molecule has 1 atom stereocenters. The molecule has 0 aliphatic rings. The molecule has 2 aromatic rings. The molecule has 2 aromatic carbocycles. The first kappa shape index (κ1) is 22.3. The Labute approximate surface area is 176 Å². The van der Waals surface area contributed by atoms with Crippen LogP contribution >= 0.6 is 23.2 Å². The smallest absolute Gasteiger partial charge is 0.242 e. The summed E-state index contributed by atoms with van der Waals surface area (Å²) in [5.74, 6) is -0.322. The van der Waals surface area contributed by atoms with Gasteiger partial charge in [0.25, 0.3) is 0 Å². The van der Waals surface area contributed by atoms with Gasteiger partial charge < -0.3 is 10.2 Å². The predicted octanol–water partition coefficient (Wildman–Crippen LogP) is 4.87. The van der Waals surface area contributed by atoms with Crippen molar-refractivity contribution in [1.82, 2.24) is 10.2 Å². The van der Waals surface area contributed by atoms with Gasteiger partial charge in [-0.3, -0.25) is 9.59 Å². The second-order valence-corrected chi connectivity index (χ2v) is 7.86. The third-order valence-electron chi connectivity index (χ3n) is 4.46. The Bertz CT molecular complexity index is 789. The fourth-order valence-electron chi connectivity index (χ4n) is 2.88. The number of benzene rings is 2. The van der Waals surface area contributed by atoms with Gasteiger partial charge in [0.1, 0.15) is 6.04 Å². The highest BCUT2D eigenvalue weighted by molar-refractivity contribution is 6.36. The number of aryl methyl sites for hydroxylation is 1. The third kappa shape index (κ3) is 6.25. The number of rotatable bonds is 8. The molecule has 150 valence electrons. The first-order chi connectivity index (χ1) is 13.3. The fourth-order valence-corrected chi connectivity index (χ4v) is 3.40. The number of carbonyl (C=O) groups is 2. The summed E-state index contributed by atoms with van der Waals surface area (Å²) in [5.41, 5.74) is 1.72. The van der Waals surface area contributed by atoms with Crippen molar-refractivity contribution in [2.24, 2.45) is 0 Å². The Kier molecular flexibility index (Phi) is 8.34. The van der Waals surface area contributed by atoms with E-state index in [0.717, 1.165) is 5.56 Å². The molecule has 2 amide bonds. The summed E-state index contributed by atoms with van der Waals surface area (Å²) in [5, 5.41) is 3.82. The highest BCUT2D eigenvalue weighted by Crippen LogP contribution is 2.27. The molecule has 0 saturated heterocycles. The van der Waals surface area contributed by atoms with E-state index in [9.17, 15) is 9.59 Å². The van der Waals surface area contributed by atoms with E-state index < -0.39 is 6.04 Å². The summed E-state index contributed by atoms with van der Waals surface area (Å²) < 4.78 is 0. The monoisotopic (exact) mass is 420 g/mol. The largest absolute Gasteiger partial charge is 0.352 e. The van der Waals surface area contributed by atoms with Crippen molar-refractivity contribution in [3.05, 3.63) is 69.7 Å². The van der Waals surface area contributed by atoms with Crippen molar-refractivity contribution in [2.75, 3.05) is 0 Å². The van der Waals surface area contributed by atoms with Crippen molar-refractivity contribution >= 4 is 35.0 Å². The van der Waals surface area contributed by atoms with Gasteiger partial charge in [-0.15, -0.1) is 0 Å². The molecule has 1 N–H and O–H groups in total. The van der Waals surface area contributed by atoms with Crippen LogP contribution in [0, 0.1) is 0 Å². The Balaban J connectivity index is 2.21. The third-order valence-corrected chi connectivity index (χ3v) is 5.17. The molecular weight excluding hydrogens is 395 g/mol. The number of nitrogens with zero attached hydrogens (tertiary/aromatic N) is 1. The Morgan fingerprint density at radius 2 is 1.57 bits per heavy atom. The lowest BCUT2D eigenvalue weighted by Crippen LogP contribution is -2.49. The Hall–Kier alpha value is -2.04. The summed E-state index contributed by atoms with van der Waals surface area (Å²) in [6.07, 6.45) is 0.899. The van der Waals surface area contributed by atoms with Crippen LogP contribution in [0.4, 0.5) is 0 Å². The summed E-state index contributed by atoms with van der Waals surface area (Å²) in [4.78, 5) is 27.1. The van der Waals surface area contributed by atoms with Crippen LogP contribution in [0.1, 0.15) is 38.3 Å². The number of amides is 2.